The number of anilines is 1. The molecular formula is C26H25N3O6S. The van der Waals surface area contributed by atoms with Crippen LogP contribution in [0.1, 0.15) is 41.9 Å². The number of aryl methyl sites for hydroxylation is 1. The van der Waals surface area contributed by atoms with Crippen molar-refractivity contribution in [2.75, 3.05) is 24.7 Å². The lowest BCUT2D eigenvalue weighted by Crippen LogP contribution is -2.29. The van der Waals surface area contributed by atoms with E-state index < -0.39 is 17.7 Å². The lowest BCUT2D eigenvalue weighted by Gasteiger charge is -2.23. The summed E-state index contributed by atoms with van der Waals surface area (Å²) in [4.78, 5) is 27.8. The van der Waals surface area contributed by atoms with E-state index in [-0.39, 0.29) is 16.5 Å². The SMILES string of the molecule is CCCCOc1ccc(C2/C(=C(\O)c3ccc4c(c3)OCCO4)C(=O)C(=O)N2c2nnc(C)s2)cc1. The van der Waals surface area contributed by atoms with Crippen molar-refractivity contribution in [2.24, 2.45) is 0 Å². The molecule has 0 bridgehead atoms. The quantitative estimate of drug-likeness (QED) is 0.217. The fourth-order valence-corrected chi connectivity index (χ4v) is 4.87. The number of hydrogen-bond acceptors (Lipinski definition) is 9. The maximum absolute atomic E-state index is 13.3. The Labute approximate surface area is 211 Å². The van der Waals surface area contributed by atoms with E-state index in [1.807, 2.05) is 0 Å². The zero-order valence-corrected chi connectivity index (χ0v) is 20.7. The maximum Gasteiger partial charge on any atom is 0.301 e. The predicted octanol–water partition coefficient (Wildman–Crippen LogP) is 4.42. The third-order valence-electron chi connectivity index (χ3n) is 5.94. The number of unbranched alkanes of at least 4 members (excludes halogenated alkanes) is 1. The van der Waals surface area contributed by atoms with Gasteiger partial charge < -0.3 is 19.3 Å². The van der Waals surface area contributed by atoms with E-state index in [1.54, 1.807) is 49.4 Å². The number of fused-ring (bicyclic) bond motifs is 1. The van der Waals surface area contributed by atoms with Crippen molar-refractivity contribution in [3.8, 4) is 17.2 Å². The first kappa shape index (κ1) is 23.8. The number of hydrogen-bond donors (Lipinski definition) is 1. The molecule has 1 amide bonds. The van der Waals surface area contributed by atoms with Crippen LogP contribution in [0.15, 0.2) is 48.0 Å². The van der Waals surface area contributed by atoms with Gasteiger partial charge in [-0.1, -0.05) is 36.8 Å². The molecule has 2 aliphatic heterocycles. The van der Waals surface area contributed by atoms with Crippen molar-refractivity contribution in [1.29, 1.82) is 0 Å². The Morgan fingerprint density at radius 3 is 2.56 bits per heavy atom. The molecule has 1 fully saturated rings. The molecule has 0 aliphatic carbocycles. The Morgan fingerprint density at radius 1 is 1.11 bits per heavy atom. The van der Waals surface area contributed by atoms with Crippen molar-refractivity contribution in [2.45, 2.75) is 32.7 Å². The molecule has 9 nitrogen and oxygen atoms in total. The Bertz CT molecular complexity index is 1330. The first-order chi connectivity index (χ1) is 17.5. The van der Waals surface area contributed by atoms with Gasteiger partial charge in [0.1, 0.15) is 29.7 Å². The standard InChI is InChI=1S/C26H25N3O6S/c1-3-4-11-33-18-8-5-16(6-9-18)22-21(24(31)25(32)29(22)26-28-27-15(2)36-26)23(30)17-7-10-19-20(14-17)35-13-12-34-19/h5-10,14,22,30H,3-4,11-13H2,1-2H3/b23-21+. The number of Topliss-reactive ketones (excluding diaryl/α,β-unsaturated/α-hetero) is 1. The number of rotatable bonds is 7. The summed E-state index contributed by atoms with van der Waals surface area (Å²) in [6, 6.07) is 11.2. The average molecular weight is 508 g/mol. The minimum absolute atomic E-state index is 0.0378. The number of nitrogens with zero attached hydrogens (tertiary/aromatic N) is 3. The van der Waals surface area contributed by atoms with Gasteiger partial charge in [0.25, 0.3) is 5.78 Å². The lowest BCUT2D eigenvalue weighted by molar-refractivity contribution is -0.132. The summed E-state index contributed by atoms with van der Waals surface area (Å²) in [5.74, 6) is -0.186. The van der Waals surface area contributed by atoms with Crippen LogP contribution in [0.3, 0.4) is 0 Å². The summed E-state index contributed by atoms with van der Waals surface area (Å²) in [7, 11) is 0. The summed E-state index contributed by atoms with van der Waals surface area (Å²) in [5, 5.41) is 20.4. The van der Waals surface area contributed by atoms with Gasteiger partial charge >= 0.3 is 5.91 Å². The molecule has 2 aliphatic rings. The number of ketones is 1. The van der Waals surface area contributed by atoms with Crippen LogP contribution in [0.25, 0.3) is 5.76 Å². The van der Waals surface area contributed by atoms with Crippen molar-refractivity contribution < 1.29 is 28.9 Å². The van der Waals surface area contributed by atoms with Crippen molar-refractivity contribution >= 4 is 33.9 Å². The van der Waals surface area contributed by atoms with Crippen molar-refractivity contribution in [3.63, 3.8) is 0 Å². The molecule has 186 valence electrons. The van der Waals surface area contributed by atoms with Gasteiger partial charge in [0.15, 0.2) is 11.5 Å². The molecule has 3 heterocycles. The van der Waals surface area contributed by atoms with Crippen LogP contribution in [0.5, 0.6) is 17.2 Å². The van der Waals surface area contributed by atoms with Crippen LogP contribution in [0.4, 0.5) is 5.13 Å². The Kier molecular flexibility index (Phi) is 6.60. The van der Waals surface area contributed by atoms with E-state index in [1.165, 1.54) is 16.2 Å². The maximum atomic E-state index is 13.3. The average Bonchev–Trinajstić information content (AvgIpc) is 3.44. The first-order valence-corrected chi connectivity index (χ1v) is 12.5. The highest BCUT2D eigenvalue weighted by Crippen LogP contribution is 2.44. The van der Waals surface area contributed by atoms with Crippen molar-refractivity contribution in [3.05, 3.63) is 64.2 Å². The number of carbonyl (C=O) groups excluding carboxylic acids is 2. The van der Waals surface area contributed by atoms with Gasteiger partial charge in [-0.2, -0.15) is 0 Å². The minimum Gasteiger partial charge on any atom is -0.507 e. The molecule has 1 saturated heterocycles. The zero-order chi connectivity index (χ0) is 25.2. The minimum atomic E-state index is -0.893. The third kappa shape index (κ3) is 4.39. The molecule has 0 radical (unpaired) electrons. The van der Waals surface area contributed by atoms with Gasteiger partial charge in [-0.25, -0.2) is 0 Å². The first-order valence-electron chi connectivity index (χ1n) is 11.7. The molecule has 1 atom stereocenters. The molecule has 2 aromatic carbocycles. The Morgan fingerprint density at radius 2 is 1.86 bits per heavy atom. The smallest absolute Gasteiger partial charge is 0.301 e. The normalized spacial score (nSPS) is 18.5. The van der Waals surface area contributed by atoms with E-state index in [4.69, 9.17) is 14.2 Å². The number of aliphatic hydroxyl groups is 1. The number of carbonyl (C=O) groups is 2. The zero-order valence-electron chi connectivity index (χ0n) is 19.9. The van der Waals surface area contributed by atoms with Gasteiger partial charge in [0.05, 0.1) is 18.2 Å². The molecule has 1 N–H and O–H groups in total. The van der Waals surface area contributed by atoms with E-state index in [9.17, 15) is 14.7 Å². The van der Waals surface area contributed by atoms with E-state index in [0.29, 0.717) is 53.2 Å². The molecule has 3 aromatic rings. The van der Waals surface area contributed by atoms with Gasteiger partial charge in [-0.05, 0) is 49.2 Å². The molecule has 10 heteroatoms. The van der Waals surface area contributed by atoms with Crippen molar-refractivity contribution in [1.82, 2.24) is 10.2 Å². The second-order valence-electron chi connectivity index (χ2n) is 8.40. The van der Waals surface area contributed by atoms with E-state index in [2.05, 4.69) is 17.1 Å². The Balaban J connectivity index is 1.59. The third-order valence-corrected chi connectivity index (χ3v) is 6.78. The molecular weight excluding hydrogens is 482 g/mol. The molecule has 0 spiro atoms. The number of benzene rings is 2. The van der Waals surface area contributed by atoms with Crippen LogP contribution in [-0.2, 0) is 9.59 Å². The van der Waals surface area contributed by atoms with Crippen LogP contribution in [0.2, 0.25) is 0 Å². The molecule has 0 saturated carbocycles. The van der Waals surface area contributed by atoms with Gasteiger partial charge in [0.2, 0.25) is 5.13 Å². The largest absolute Gasteiger partial charge is 0.507 e. The van der Waals surface area contributed by atoms with Crippen LogP contribution in [0, 0.1) is 6.92 Å². The highest BCUT2D eigenvalue weighted by atomic mass is 32.1. The topological polar surface area (TPSA) is 111 Å². The number of amides is 1. The fraction of sp³-hybridized carbons (Fsp3) is 0.308. The van der Waals surface area contributed by atoms with Gasteiger partial charge in [0, 0.05) is 5.56 Å². The van der Waals surface area contributed by atoms with Crippen LogP contribution < -0.4 is 19.1 Å². The van der Waals surface area contributed by atoms with Crippen LogP contribution >= 0.6 is 11.3 Å². The second-order valence-corrected chi connectivity index (χ2v) is 9.56. The van der Waals surface area contributed by atoms with E-state index in [0.717, 1.165) is 12.8 Å². The highest BCUT2D eigenvalue weighted by molar-refractivity contribution is 7.15. The van der Waals surface area contributed by atoms with Gasteiger partial charge in [-0.15, -0.1) is 10.2 Å². The molecule has 5 rings (SSSR count). The molecule has 1 unspecified atom stereocenters. The monoisotopic (exact) mass is 507 g/mol. The highest BCUT2D eigenvalue weighted by Gasteiger charge is 2.48. The lowest BCUT2D eigenvalue weighted by atomic mass is 9.95. The predicted molar refractivity (Wildman–Crippen MR) is 134 cm³/mol. The number of ether oxygens (including phenoxy) is 3. The Hall–Kier alpha value is -3.92. The van der Waals surface area contributed by atoms with Crippen LogP contribution in [-0.4, -0.2) is 46.8 Å². The number of aliphatic hydroxyl groups excluding tert-OH is 1. The second kappa shape index (κ2) is 9.98. The number of aromatic nitrogens is 2. The summed E-state index contributed by atoms with van der Waals surface area (Å²) in [6.45, 7) is 5.27. The van der Waals surface area contributed by atoms with E-state index >= 15 is 0 Å². The summed E-state index contributed by atoms with van der Waals surface area (Å²) >= 11 is 1.20. The molecule has 1 aromatic heterocycles. The van der Waals surface area contributed by atoms with Gasteiger partial charge in [-0.3, -0.25) is 14.5 Å². The summed E-state index contributed by atoms with van der Waals surface area (Å²) in [5.41, 5.74) is 0.934. The summed E-state index contributed by atoms with van der Waals surface area (Å²) < 4.78 is 17.0. The summed E-state index contributed by atoms with van der Waals surface area (Å²) in [6.07, 6.45) is 1.96. The molecule has 36 heavy (non-hydrogen) atoms. The fourth-order valence-electron chi connectivity index (χ4n) is 4.16.